The summed E-state index contributed by atoms with van der Waals surface area (Å²) in [6.07, 6.45) is 35.8. The lowest BCUT2D eigenvalue weighted by atomic mass is 9.89. The number of piperidine rings is 1. The van der Waals surface area contributed by atoms with Gasteiger partial charge in [0.15, 0.2) is 5.43 Å². The van der Waals surface area contributed by atoms with Crippen molar-refractivity contribution in [2.75, 3.05) is 51.4 Å². The molecule has 2 amide bonds. The van der Waals surface area contributed by atoms with Gasteiger partial charge in [-0.05, 0) is 74.1 Å². The molecule has 0 spiro atoms. The van der Waals surface area contributed by atoms with E-state index in [1.165, 1.54) is 172 Å². The Balaban J connectivity index is 0.000000358. The van der Waals surface area contributed by atoms with E-state index in [0.717, 1.165) is 32.8 Å². The van der Waals surface area contributed by atoms with E-state index in [1.54, 1.807) is 23.1 Å². The standard InChI is InChI=1S/C36H70O4.C29H31N4O9P/c1-4-7-9-11-13-15-17-19-21-23-25-27-29-31-35(37)39-33-34(6-3)40-36(38)32-30-28-26-24-22-20-18-16-14-12-10-8-5-2;1-40-43(38,39)41-11-8-32-28(36)16-6-9-33(10-7-16)29(37)22-15-24(31)23(30)14-21(22)27-19-4-2-17(34)12-25(19)42-26-13-18(35)3-5-20(26)27/h34H,4-33H2,1-3H3;2-5,12-16,34H,6-11,30-31H2,1H3,(H,32,36)(H,38,39)/t34-;/m0./s1. The molecule has 0 bridgehead atoms. The van der Waals surface area contributed by atoms with Gasteiger partial charge in [-0.25, -0.2) is 4.57 Å². The number of nitrogens with zero attached hydrogens (tertiary/aromatic N) is 1. The van der Waals surface area contributed by atoms with Crippen LogP contribution in [0.4, 0.5) is 11.4 Å². The van der Waals surface area contributed by atoms with Crippen LogP contribution < -0.4 is 22.2 Å². The molecule has 2 atom stereocenters. The molecule has 5 rings (SSSR count). The predicted octanol–water partition coefficient (Wildman–Crippen LogP) is 15.0. The van der Waals surface area contributed by atoms with Crippen LogP contribution in [0.1, 0.15) is 230 Å². The zero-order chi connectivity index (χ0) is 60.2. The van der Waals surface area contributed by atoms with Crippen LogP contribution in [0.15, 0.2) is 57.7 Å². The summed E-state index contributed by atoms with van der Waals surface area (Å²) >= 11 is 0. The monoisotopic (exact) mass is 1180 g/mol. The van der Waals surface area contributed by atoms with Crippen LogP contribution in [0.5, 0.6) is 5.75 Å². The Morgan fingerprint density at radius 1 is 0.687 bits per heavy atom. The number of carbonyl (C=O) groups is 4. The van der Waals surface area contributed by atoms with Crippen LogP contribution in [0.3, 0.4) is 0 Å². The molecule has 0 saturated carbocycles. The normalized spacial score (nSPS) is 13.8. The second-order valence-corrected chi connectivity index (χ2v) is 23.9. The van der Waals surface area contributed by atoms with Crippen molar-refractivity contribution >= 4 is 53.9 Å². The molecule has 464 valence electrons. The number of phenolic OH excluding ortho intramolecular Hbond substituents is 1. The SMILES string of the molecule is CCCCCCCCCCCCCCCC(=O)OC[C@H](CC)OC(=O)CCCCCCCCCCCCCCC.COP(=O)(O)OCCNC(=O)C1CCN(C(=O)c2cc(N)c(N)cc2-c2c3ccc(=O)cc-3oc3cc(O)ccc23)CC1. The van der Waals surface area contributed by atoms with Crippen LogP contribution in [-0.4, -0.2) is 84.7 Å². The molecule has 2 heterocycles. The van der Waals surface area contributed by atoms with Crippen molar-refractivity contribution in [3.05, 3.63) is 64.3 Å². The molecule has 2 aromatic rings. The zero-order valence-electron chi connectivity index (χ0n) is 50.7. The molecule has 0 aromatic heterocycles. The molecule has 3 aliphatic rings. The number of phosphoric ester groups is 1. The fraction of sp³-hybridized carbons (Fsp3) is 0.646. The van der Waals surface area contributed by atoms with Gasteiger partial charge < -0.3 is 45.6 Å². The highest BCUT2D eigenvalue weighted by molar-refractivity contribution is 7.47. The first-order valence-corrected chi connectivity index (χ1v) is 32.9. The number of carbonyl (C=O) groups excluding carboxylic acids is 4. The molecule has 1 saturated heterocycles. The minimum atomic E-state index is -4.12. The fourth-order valence-corrected chi connectivity index (χ4v) is 11.0. The summed E-state index contributed by atoms with van der Waals surface area (Å²) in [6.45, 7) is 7.13. The third-order valence-corrected chi connectivity index (χ3v) is 16.6. The van der Waals surface area contributed by atoms with Crippen molar-refractivity contribution in [2.24, 2.45) is 5.92 Å². The van der Waals surface area contributed by atoms with Crippen LogP contribution in [0.2, 0.25) is 0 Å². The number of nitrogens with two attached hydrogens (primary N) is 2. The van der Waals surface area contributed by atoms with Gasteiger partial charge in [-0.15, -0.1) is 0 Å². The molecule has 17 nitrogen and oxygen atoms in total. The van der Waals surface area contributed by atoms with E-state index in [0.29, 0.717) is 72.9 Å². The Bertz CT molecular complexity index is 2620. The van der Waals surface area contributed by atoms with Gasteiger partial charge in [-0.2, -0.15) is 0 Å². The lowest BCUT2D eigenvalue weighted by Crippen LogP contribution is -2.43. The number of ether oxygens (including phenoxy) is 2. The lowest BCUT2D eigenvalue weighted by molar-refractivity contribution is -0.159. The molecule has 1 fully saturated rings. The van der Waals surface area contributed by atoms with Crippen molar-refractivity contribution < 1.29 is 56.7 Å². The summed E-state index contributed by atoms with van der Waals surface area (Å²) in [6, 6.07) is 12.1. The molecule has 7 N–H and O–H groups in total. The number of likely N-dealkylation sites (tertiary alicyclic amines) is 1. The number of rotatable bonds is 40. The Hall–Kier alpha value is -5.48. The topological polar surface area (TPSA) is 260 Å². The average Bonchev–Trinajstić information content (AvgIpc) is 2.60. The maximum Gasteiger partial charge on any atom is 0.471 e. The first-order valence-electron chi connectivity index (χ1n) is 31.4. The number of phenols is 1. The van der Waals surface area contributed by atoms with Crippen LogP contribution in [-0.2, 0) is 37.5 Å². The Morgan fingerprint density at radius 2 is 1.20 bits per heavy atom. The maximum atomic E-state index is 14.0. The minimum absolute atomic E-state index is 0.0247. The van der Waals surface area contributed by atoms with Crippen molar-refractivity contribution in [1.82, 2.24) is 10.2 Å². The number of nitrogen functional groups attached to an aromatic ring is 2. The Kier molecular flexibility index (Phi) is 33.7. The van der Waals surface area contributed by atoms with Gasteiger partial charge >= 0.3 is 19.8 Å². The first kappa shape index (κ1) is 70.0. The molecule has 18 heteroatoms. The molecule has 0 radical (unpaired) electrons. The molecule has 2 aromatic carbocycles. The summed E-state index contributed by atoms with van der Waals surface area (Å²) in [5.41, 5.74) is 14.8. The summed E-state index contributed by atoms with van der Waals surface area (Å²) in [4.78, 5) is 74.0. The molecular weight excluding hydrogens is 1080 g/mol. The van der Waals surface area contributed by atoms with Gasteiger partial charge in [-0.1, -0.05) is 175 Å². The summed E-state index contributed by atoms with van der Waals surface area (Å²) in [7, 11) is -3.08. The van der Waals surface area contributed by atoms with E-state index in [4.69, 9.17) is 29.9 Å². The van der Waals surface area contributed by atoms with Gasteiger partial charge in [0.05, 0.1) is 18.0 Å². The van der Waals surface area contributed by atoms with E-state index in [1.807, 2.05) is 6.92 Å². The van der Waals surface area contributed by atoms with E-state index < -0.39 is 7.82 Å². The number of hydrogen-bond donors (Lipinski definition) is 5. The van der Waals surface area contributed by atoms with E-state index in [2.05, 4.69) is 23.7 Å². The summed E-state index contributed by atoms with van der Waals surface area (Å²) in [5, 5.41) is 13.4. The highest BCUT2D eigenvalue weighted by Crippen LogP contribution is 2.44. The number of aromatic hydroxyl groups is 1. The van der Waals surface area contributed by atoms with E-state index in [-0.39, 0.29) is 89.4 Å². The number of anilines is 2. The van der Waals surface area contributed by atoms with E-state index >= 15 is 0 Å². The number of nitrogens with one attached hydrogen (secondary N) is 1. The number of phosphoric acid groups is 1. The van der Waals surface area contributed by atoms with Crippen LogP contribution in [0.25, 0.3) is 33.4 Å². The number of esters is 2. The van der Waals surface area contributed by atoms with E-state index in [9.17, 15) is 38.5 Å². The second-order valence-electron chi connectivity index (χ2n) is 22.4. The highest BCUT2D eigenvalue weighted by Gasteiger charge is 2.31. The molecule has 83 heavy (non-hydrogen) atoms. The zero-order valence-corrected chi connectivity index (χ0v) is 51.6. The predicted molar refractivity (Wildman–Crippen MR) is 331 cm³/mol. The third-order valence-electron chi connectivity index (χ3n) is 15.6. The van der Waals surface area contributed by atoms with Gasteiger partial charge in [-0.3, -0.25) is 33.0 Å². The van der Waals surface area contributed by atoms with Crippen LogP contribution >= 0.6 is 7.82 Å². The molecular formula is C65H101N4O13P. The molecule has 2 aliphatic heterocycles. The number of amides is 2. The number of fused-ring (bicyclic) bond motifs is 2. The quantitative estimate of drug-likeness (QED) is 0.00912. The molecule has 1 unspecified atom stereocenters. The summed E-state index contributed by atoms with van der Waals surface area (Å²) < 4.78 is 37.3. The maximum absolute atomic E-state index is 14.0. The number of hydrogen-bond acceptors (Lipinski definition) is 14. The van der Waals surface area contributed by atoms with Crippen molar-refractivity contribution in [3.63, 3.8) is 0 Å². The van der Waals surface area contributed by atoms with Gasteiger partial charge in [0.1, 0.15) is 29.8 Å². The third kappa shape index (κ3) is 26.5. The van der Waals surface area contributed by atoms with Gasteiger partial charge in [0.2, 0.25) is 5.91 Å². The Labute approximate surface area is 494 Å². The molecule has 1 aliphatic carbocycles. The van der Waals surface area contributed by atoms with Crippen molar-refractivity contribution in [3.8, 4) is 28.2 Å². The van der Waals surface area contributed by atoms with Gasteiger partial charge in [0.25, 0.3) is 5.91 Å². The van der Waals surface area contributed by atoms with Crippen LogP contribution in [0, 0.1) is 5.92 Å². The van der Waals surface area contributed by atoms with Crippen molar-refractivity contribution in [2.45, 2.75) is 226 Å². The summed E-state index contributed by atoms with van der Waals surface area (Å²) in [5.74, 6) is -0.984. The number of unbranched alkanes of at least 4 members (excludes halogenated alkanes) is 24. The Morgan fingerprint density at radius 3 is 1.73 bits per heavy atom. The largest absolute Gasteiger partial charge is 0.508 e. The lowest BCUT2D eigenvalue weighted by Gasteiger charge is -2.32. The average molecular weight is 1180 g/mol. The van der Waals surface area contributed by atoms with Crippen molar-refractivity contribution in [1.29, 1.82) is 0 Å². The second kappa shape index (κ2) is 39.9. The fourth-order valence-electron chi connectivity index (χ4n) is 10.5. The van der Waals surface area contributed by atoms with Gasteiger partial charge in [0, 0.05) is 79.7 Å². The first-order chi connectivity index (χ1) is 40.1. The highest BCUT2D eigenvalue weighted by atomic mass is 31.2. The minimum Gasteiger partial charge on any atom is -0.508 e. The number of benzene rings is 3. The smallest absolute Gasteiger partial charge is 0.471 e.